The number of aromatic nitrogens is 1. The standard InChI is InChI=1S/C26H31ClN4O4S/c1-18-15-30(9-10-31(18)24(32)8-11-35-2)26-22(14-28)13-23(25(29-26)20-6-7-20)21-5-3-4-19(12-21)16-36(33,34)17-27/h3-5,12-13,18,20H,6-11,15-17H2,1-2H3/t18-/m1/s1. The number of sulfone groups is 1. The average molecular weight is 531 g/mol. The van der Waals surface area contributed by atoms with E-state index in [2.05, 4.69) is 11.0 Å². The minimum atomic E-state index is -3.39. The molecular formula is C26H31ClN4O4S. The summed E-state index contributed by atoms with van der Waals surface area (Å²) in [7, 11) is -1.80. The van der Waals surface area contributed by atoms with Crippen molar-refractivity contribution in [1.29, 1.82) is 5.26 Å². The van der Waals surface area contributed by atoms with Gasteiger partial charge in [0.15, 0.2) is 9.84 Å². The zero-order chi connectivity index (χ0) is 25.9. The third kappa shape index (κ3) is 6.00. The molecule has 2 aromatic rings. The Balaban J connectivity index is 1.64. The number of anilines is 1. The summed E-state index contributed by atoms with van der Waals surface area (Å²) in [5, 5.41) is 9.59. The lowest BCUT2D eigenvalue weighted by Gasteiger charge is -2.41. The van der Waals surface area contributed by atoms with Crippen LogP contribution in [-0.4, -0.2) is 68.8 Å². The van der Waals surface area contributed by atoms with Crippen molar-refractivity contribution in [2.45, 2.75) is 43.9 Å². The number of nitrogens with zero attached hydrogens (tertiary/aromatic N) is 4. The topological polar surface area (TPSA) is 104 Å². The highest BCUT2D eigenvalue weighted by Crippen LogP contribution is 2.45. The van der Waals surface area contributed by atoms with Gasteiger partial charge in [-0.2, -0.15) is 5.26 Å². The number of ether oxygens (including phenoxy) is 1. The van der Waals surface area contributed by atoms with E-state index in [1.807, 2.05) is 36.1 Å². The van der Waals surface area contributed by atoms with Crippen molar-refractivity contribution < 1.29 is 17.9 Å². The van der Waals surface area contributed by atoms with Crippen LogP contribution in [0.3, 0.4) is 0 Å². The second-order valence-corrected chi connectivity index (χ2v) is 12.1. The van der Waals surface area contributed by atoms with Crippen molar-refractivity contribution in [3.8, 4) is 17.2 Å². The van der Waals surface area contributed by atoms with Crippen molar-refractivity contribution in [2.24, 2.45) is 0 Å². The Kier molecular flexibility index (Phi) is 8.18. The quantitative estimate of drug-likeness (QED) is 0.455. The summed E-state index contributed by atoms with van der Waals surface area (Å²) in [5.41, 5.74) is 3.77. The molecule has 1 aliphatic carbocycles. The van der Waals surface area contributed by atoms with Crippen molar-refractivity contribution in [2.75, 3.05) is 43.5 Å². The summed E-state index contributed by atoms with van der Waals surface area (Å²) in [6.45, 7) is 4.17. The summed E-state index contributed by atoms with van der Waals surface area (Å²) in [5.74, 6) is 0.906. The number of benzene rings is 1. The second-order valence-electron chi connectivity index (χ2n) is 9.50. The van der Waals surface area contributed by atoms with Gasteiger partial charge in [-0.1, -0.05) is 24.3 Å². The Bertz CT molecular complexity index is 1270. The predicted octanol–water partition coefficient (Wildman–Crippen LogP) is 3.68. The Morgan fingerprint density at radius 1 is 1.28 bits per heavy atom. The van der Waals surface area contributed by atoms with Crippen molar-refractivity contribution in [1.82, 2.24) is 9.88 Å². The fraction of sp³-hybridized carbons (Fsp3) is 0.500. The van der Waals surface area contributed by atoms with E-state index in [0.717, 1.165) is 29.7 Å². The van der Waals surface area contributed by atoms with Crippen LogP contribution in [0.4, 0.5) is 5.82 Å². The van der Waals surface area contributed by atoms with Gasteiger partial charge in [0.05, 0.1) is 30.0 Å². The van der Waals surface area contributed by atoms with E-state index >= 15 is 0 Å². The van der Waals surface area contributed by atoms with Crippen LogP contribution in [-0.2, 0) is 25.1 Å². The van der Waals surface area contributed by atoms with Gasteiger partial charge < -0.3 is 14.5 Å². The molecule has 1 aromatic carbocycles. The summed E-state index contributed by atoms with van der Waals surface area (Å²) < 4.78 is 29.1. The zero-order valence-electron chi connectivity index (χ0n) is 20.6. The predicted molar refractivity (Wildman–Crippen MR) is 140 cm³/mol. The van der Waals surface area contributed by atoms with Crippen molar-refractivity contribution >= 4 is 33.2 Å². The van der Waals surface area contributed by atoms with Gasteiger partial charge in [0.1, 0.15) is 17.1 Å². The molecule has 8 nitrogen and oxygen atoms in total. The molecule has 0 unspecified atom stereocenters. The highest BCUT2D eigenvalue weighted by Gasteiger charge is 2.33. The number of methoxy groups -OCH3 is 1. The molecule has 36 heavy (non-hydrogen) atoms. The van der Waals surface area contributed by atoms with E-state index in [4.69, 9.17) is 21.3 Å². The highest BCUT2D eigenvalue weighted by atomic mass is 35.5. The zero-order valence-corrected chi connectivity index (χ0v) is 22.2. The van der Waals surface area contributed by atoms with E-state index in [9.17, 15) is 18.5 Å². The van der Waals surface area contributed by atoms with Crippen LogP contribution in [0, 0.1) is 11.3 Å². The number of piperazine rings is 1. The first-order chi connectivity index (χ1) is 17.3. The summed E-state index contributed by atoms with van der Waals surface area (Å²) >= 11 is 5.60. The van der Waals surface area contributed by atoms with Crippen molar-refractivity contribution in [3.05, 3.63) is 47.2 Å². The van der Waals surface area contributed by atoms with Crippen LogP contribution < -0.4 is 4.90 Å². The Morgan fingerprint density at radius 2 is 2.06 bits per heavy atom. The lowest BCUT2D eigenvalue weighted by molar-refractivity contribution is -0.134. The Morgan fingerprint density at radius 3 is 2.69 bits per heavy atom. The number of hydrogen-bond acceptors (Lipinski definition) is 7. The van der Waals surface area contributed by atoms with Gasteiger partial charge in [0, 0.05) is 44.3 Å². The first-order valence-electron chi connectivity index (χ1n) is 12.1. The molecule has 0 spiro atoms. The largest absolute Gasteiger partial charge is 0.384 e. The van der Waals surface area contributed by atoms with E-state index in [0.29, 0.717) is 55.5 Å². The smallest absolute Gasteiger partial charge is 0.225 e. The van der Waals surface area contributed by atoms with Gasteiger partial charge in [0.25, 0.3) is 0 Å². The monoisotopic (exact) mass is 530 g/mol. The summed E-state index contributed by atoms with van der Waals surface area (Å²) in [6.07, 6.45) is 2.42. The fourth-order valence-electron chi connectivity index (χ4n) is 4.71. The molecule has 1 amide bonds. The molecule has 0 bridgehead atoms. The van der Waals surface area contributed by atoms with E-state index < -0.39 is 15.0 Å². The number of carbonyl (C=O) groups excluding carboxylic acids is 1. The van der Waals surface area contributed by atoms with Gasteiger partial charge in [-0.25, -0.2) is 13.4 Å². The highest BCUT2D eigenvalue weighted by molar-refractivity contribution is 7.91. The molecule has 1 saturated heterocycles. The summed E-state index contributed by atoms with van der Waals surface area (Å²) in [4.78, 5) is 21.5. The van der Waals surface area contributed by atoms with Gasteiger partial charge >= 0.3 is 0 Å². The molecule has 2 heterocycles. The van der Waals surface area contributed by atoms with Gasteiger partial charge in [-0.05, 0) is 37.0 Å². The van der Waals surface area contributed by atoms with Crippen LogP contribution in [0.15, 0.2) is 30.3 Å². The maximum absolute atomic E-state index is 12.5. The third-order valence-corrected chi connectivity index (χ3v) is 8.78. The van der Waals surface area contributed by atoms with Crippen LogP contribution in [0.2, 0.25) is 0 Å². The van der Waals surface area contributed by atoms with E-state index in [-0.39, 0.29) is 17.7 Å². The van der Waals surface area contributed by atoms with E-state index in [1.54, 1.807) is 13.2 Å². The first kappa shape index (κ1) is 26.4. The van der Waals surface area contributed by atoms with Gasteiger partial charge in [-0.15, -0.1) is 11.6 Å². The molecule has 1 saturated carbocycles. The number of hydrogen-bond donors (Lipinski definition) is 0. The Hall–Kier alpha value is -2.67. The number of halogens is 1. The van der Waals surface area contributed by atoms with E-state index in [1.165, 1.54) is 0 Å². The minimum Gasteiger partial charge on any atom is -0.384 e. The van der Waals surface area contributed by atoms with Crippen molar-refractivity contribution in [3.63, 3.8) is 0 Å². The molecule has 1 atom stereocenters. The lowest BCUT2D eigenvalue weighted by Crippen LogP contribution is -2.54. The second kappa shape index (κ2) is 11.2. The van der Waals surface area contributed by atoms with Gasteiger partial charge in [-0.3, -0.25) is 4.79 Å². The molecule has 10 heteroatoms. The SMILES string of the molecule is COCCC(=O)N1CCN(c2nc(C3CC3)c(-c3cccc(CS(=O)(=O)CCl)c3)cc2C#N)C[C@H]1C. The molecule has 192 valence electrons. The molecule has 1 aromatic heterocycles. The molecule has 0 N–H and O–H groups in total. The molecular weight excluding hydrogens is 500 g/mol. The molecule has 1 aliphatic heterocycles. The number of amides is 1. The van der Waals surface area contributed by atoms with Crippen LogP contribution >= 0.6 is 11.6 Å². The van der Waals surface area contributed by atoms with Crippen LogP contribution in [0.1, 0.15) is 48.9 Å². The maximum Gasteiger partial charge on any atom is 0.225 e. The third-order valence-electron chi connectivity index (χ3n) is 6.67. The number of nitriles is 1. The molecule has 4 rings (SSSR count). The maximum atomic E-state index is 12.5. The fourth-order valence-corrected chi connectivity index (χ4v) is 5.71. The lowest BCUT2D eigenvalue weighted by atomic mass is 9.97. The normalized spacial score (nSPS) is 18.2. The molecule has 0 radical (unpaired) electrons. The first-order valence-corrected chi connectivity index (χ1v) is 14.5. The number of rotatable bonds is 9. The number of pyridine rings is 1. The number of alkyl halides is 1. The molecule has 2 fully saturated rings. The Labute approximate surface area is 217 Å². The summed E-state index contributed by atoms with van der Waals surface area (Å²) in [6, 6.07) is 11.5. The van der Waals surface area contributed by atoms with Crippen LogP contribution in [0.25, 0.3) is 11.1 Å². The van der Waals surface area contributed by atoms with Gasteiger partial charge in [0.2, 0.25) is 5.91 Å². The average Bonchev–Trinajstić information content (AvgIpc) is 3.72. The molecule has 2 aliphatic rings. The van der Waals surface area contributed by atoms with Crippen LogP contribution in [0.5, 0.6) is 0 Å². The number of carbonyl (C=O) groups is 1. The minimum absolute atomic E-state index is 0.0129.